The van der Waals surface area contributed by atoms with Crippen molar-refractivity contribution in [3.8, 4) is 5.69 Å². The molecule has 0 fully saturated rings. The lowest BCUT2D eigenvalue weighted by Crippen LogP contribution is -2.30. The van der Waals surface area contributed by atoms with Crippen molar-refractivity contribution in [2.45, 2.75) is 45.6 Å². The third-order valence-electron chi connectivity index (χ3n) is 5.66. The SMILES string of the molecule is CCN(CC)S(=O)(=O)c1ccc(C(C)NC(=O)c2c(C)nn(-c3ccc(F)cc3)c2C)cc1. The molecule has 1 aromatic heterocycles. The van der Waals surface area contributed by atoms with Crippen molar-refractivity contribution in [2.24, 2.45) is 0 Å². The van der Waals surface area contributed by atoms with Gasteiger partial charge in [0.25, 0.3) is 5.91 Å². The first-order valence-corrected chi connectivity index (χ1v) is 12.3. The molecule has 176 valence electrons. The monoisotopic (exact) mass is 472 g/mol. The summed E-state index contributed by atoms with van der Waals surface area (Å²) in [6, 6.07) is 12.1. The number of carbonyl (C=O) groups excluding carboxylic acids is 1. The Morgan fingerprint density at radius 2 is 1.64 bits per heavy atom. The van der Waals surface area contributed by atoms with E-state index in [1.54, 1.807) is 68.8 Å². The Morgan fingerprint density at radius 3 is 2.18 bits per heavy atom. The molecule has 9 heteroatoms. The van der Waals surface area contributed by atoms with Crippen LogP contribution in [-0.4, -0.2) is 41.5 Å². The van der Waals surface area contributed by atoms with Gasteiger partial charge in [0.15, 0.2) is 0 Å². The molecule has 1 unspecified atom stereocenters. The van der Waals surface area contributed by atoms with Crippen LogP contribution in [0.15, 0.2) is 53.4 Å². The second-order valence-corrected chi connectivity index (χ2v) is 9.73. The van der Waals surface area contributed by atoms with E-state index in [0.717, 1.165) is 5.56 Å². The number of carbonyl (C=O) groups is 1. The molecule has 1 heterocycles. The second-order valence-electron chi connectivity index (χ2n) is 7.79. The maximum Gasteiger partial charge on any atom is 0.255 e. The maximum absolute atomic E-state index is 13.3. The van der Waals surface area contributed by atoms with Crippen molar-refractivity contribution in [3.05, 3.63) is 76.9 Å². The standard InChI is InChI=1S/C24H29FN4O3S/c1-6-28(7-2)33(31,32)22-14-8-19(9-15-22)16(3)26-24(30)23-17(4)27-29(18(23)5)21-12-10-20(25)11-13-21/h8-16H,6-7H2,1-5H3,(H,26,30). The molecule has 3 rings (SSSR count). The van der Waals surface area contributed by atoms with Gasteiger partial charge in [-0.2, -0.15) is 9.40 Å². The number of sulfonamides is 1. The van der Waals surface area contributed by atoms with Crippen molar-refractivity contribution in [1.82, 2.24) is 19.4 Å². The molecule has 1 N–H and O–H groups in total. The average Bonchev–Trinajstić information content (AvgIpc) is 3.08. The molecule has 33 heavy (non-hydrogen) atoms. The van der Waals surface area contributed by atoms with E-state index >= 15 is 0 Å². The number of nitrogens with zero attached hydrogens (tertiary/aromatic N) is 3. The Balaban J connectivity index is 1.79. The van der Waals surface area contributed by atoms with Gasteiger partial charge in [-0.05, 0) is 62.7 Å². The number of rotatable bonds is 8. The van der Waals surface area contributed by atoms with E-state index in [1.807, 2.05) is 6.92 Å². The highest BCUT2D eigenvalue weighted by molar-refractivity contribution is 7.89. The van der Waals surface area contributed by atoms with Crippen molar-refractivity contribution in [2.75, 3.05) is 13.1 Å². The lowest BCUT2D eigenvalue weighted by atomic mass is 10.1. The van der Waals surface area contributed by atoms with Gasteiger partial charge in [-0.3, -0.25) is 4.79 Å². The quantitative estimate of drug-likeness (QED) is 0.534. The number of benzene rings is 2. The number of aromatic nitrogens is 2. The summed E-state index contributed by atoms with van der Waals surface area (Å²) in [5.74, 6) is -0.631. The molecule has 0 saturated heterocycles. The lowest BCUT2D eigenvalue weighted by Gasteiger charge is -2.19. The van der Waals surface area contributed by atoms with Crippen LogP contribution < -0.4 is 5.32 Å². The van der Waals surface area contributed by atoms with Crippen LogP contribution >= 0.6 is 0 Å². The highest BCUT2D eigenvalue weighted by Crippen LogP contribution is 2.22. The predicted octanol–water partition coefficient (Wildman–Crippen LogP) is 4.15. The van der Waals surface area contributed by atoms with E-state index in [0.29, 0.717) is 35.7 Å². The smallest absolute Gasteiger partial charge is 0.255 e. The van der Waals surface area contributed by atoms with Crippen LogP contribution in [0.4, 0.5) is 4.39 Å². The van der Waals surface area contributed by atoms with Crippen LogP contribution in [0.5, 0.6) is 0 Å². The summed E-state index contributed by atoms with van der Waals surface area (Å²) in [6.45, 7) is 9.77. The Bertz CT molecular complexity index is 1230. The van der Waals surface area contributed by atoms with Crippen LogP contribution in [0.3, 0.4) is 0 Å². The van der Waals surface area contributed by atoms with Gasteiger partial charge in [0.1, 0.15) is 5.82 Å². The fourth-order valence-electron chi connectivity index (χ4n) is 3.80. The highest BCUT2D eigenvalue weighted by atomic mass is 32.2. The molecule has 3 aromatic rings. The number of aryl methyl sites for hydroxylation is 1. The molecule has 1 amide bonds. The largest absolute Gasteiger partial charge is 0.345 e. The first-order valence-electron chi connectivity index (χ1n) is 10.8. The number of halogens is 1. The second kappa shape index (κ2) is 9.84. The Hall–Kier alpha value is -3.04. The van der Waals surface area contributed by atoms with Crippen molar-refractivity contribution < 1.29 is 17.6 Å². The third-order valence-corrected chi connectivity index (χ3v) is 7.72. The molecular weight excluding hydrogens is 443 g/mol. The molecule has 7 nitrogen and oxygen atoms in total. The number of nitrogens with one attached hydrogen (secondary N) is 1. The van der Waals surface area contributed by atoms with E-state index in [2.05, 4.69) is 10.4 Å². The van der Waals surface area contributed by atoms with Crippen molar-refractivity contribution in [3.63, 3.8) is 0 Å². The predicted molar refractivity (Wildman–Crippen MR) is 125 cm³/mol. The van der Waals surface area contributed by atoms with Gasteiger partial charge in [0.2, 0.25) is 10.0 Å². The van der Waals surface area contributed by atoms with Crippen molar-refractivity contribution in [1.29, 1.82) is 0 Å². The summed E-state index contributed by atoms with van der Waals surface area (Å²) in [6.07, 6.45) is 0. The minimum atomic E-state index is -3.54. The summed E-state index contributed by atoms with van der Waals surface area (Å²) in [7, 11) is -3.54. The molecule has 1 atom stereocenters. The molecule has 0 radical (unpaired) electrons. The Labute approximate surface area is 194 Å². The first-order chi connectivity index (χ1) is 15.6. The summed E-state index contributed by atoms with van der Waals surface area (Å²) < 4.78 is 41.6. The minimum absolute atomic E-state index is 0.223. The van der Waals surface area contributed by atoms with Gasteiger partial charge in [0, 0.05) is 13.1 Å². The van der Waals surface area contributed by atoms with Crippen LogP contribution in [0.1, 0.15) is 54.1 Å². The fraction of sp³-hybridized carbons (Fsp3) is 0.333. The summed E-state index contributed by atoms with van der Waals surface area (Å²) in [5.41, 5.74) is 3.09. The van der Waals surface area contributed by atoms with Gasteiger partial charge in [0.05, 0.1) is 33.6 Å². The zero-order valence-corrected chi connectivity index (χ0v) is 20.3. The Morgan fingerprint density at radius 1 is 1.06 bits per heavy atom. The van der Waals surface area contributed by atoms with Gasteiger partial charge in [-0.25, -0.2) is 17.5 Å². The maximum atomic E-state index is 13.3. The first kappa shape index (κ1) is 24.6. The minimum Gasteiger partial charge on any atom is -0.345 e. The van der Waals surface area contributed by atoms with Crippen LogP contribution in [-0.2, 0) is 10.0 Å². The lowest BCUT2D eigenvalue weighted by molar-refractivity contribution is 0.0938. The van der Waals surface area contributed by atoms with E-state index < -0.39 is 10.0 Å². The van der Waals surface area contributed by atoms with Crippen molar-refractivity contribution >= 4 is 15.9 Å². The zero-order chi connectivity index (χ0) is 24.3. The fourth-order valence-corrected chi connectivity index (χ4v) is 5.26. The molecule has 0 saturated carbocycles. The number of amides is 1. The van der Waals surface area contributed by atoms with E-state index in [-0.39, 0.29) is 22.7 Å². The van der Waals surface area contributed by atoms with E-state index in [1.165, 1.54) is 16.4 Å². The van der Waals surface area contributed by atoms with E-state index in [9.17, 15) is 17.6 Å². The molecule has 0 aliphatic rings. The van der Waals surface area contributed by atoms with Crippen LogP contribution in [0.25, 0.3) is 5.69 Å². The molecule has 2 aromatic carbocycles. The van der Waals surface area contributed by atoms with Gasteiger partial charge in [-0.15, -0.1) is 0 Å². The summed E-state index contributed by atoms with van der Waals surface area (Å²) >= 11 is 0. The summed E-state index contributed by atoms with van der Waals surface area (Å²) in [4.78, 5) is 13.3. The van der Waals surface area contributed by atoms with E-state index in [4.69, 9.17) is 0 Å². The van der Waals surface area contributed by atoms with Gasteiger partial charge >= 0.3 is 0 Å². The Kier molecular flexibility index (Phi) is 7.34. The zero-order valence-electron chi connectivity index (χ0n) is 19.5. The van der Waals surface area contributed by atoms with Gasteiger partial charge < -0.3 is 5.32 Å². The number of hydrogen-bond acceptors (Lipinski definition) is 4. The number of hydrogen-bond donors (Lipinski definition) is 1. The molecule has 0 bridgehead atoms. The van der Waals surface area contributed by atoms with Gasteiger partial charge in [-0.1, -0.05) is 26.0 Å². The molecular formula is C24H29FN4O3S. The van der Waals surface area contributed by atoms with Crippen LogP contribution in [0.2, 0.25) is 0 Å². The molecule has 0 spiro atoms. The van der Waals surface area contributed by atoms with Crippen LogP contribution in [0, 0.1) is 19.7 Å². The topological polar surface area (TPSA) is 84.3 Å². The molecule has 0 aliphatic heterocycles. The highest BCUT2D eigenvalue weighted by Gasteiger charge is 2.23. The third kappa shape index (κ3) is 4.99. The normalized spacial score (nSPS) is 12.7. The summed E-state index contributed by atoms with van der Waals surface area (Å²) in [5, 5.41) is 7.40. The molecule has 0 aliphatic carbocycles. The average molecular weight is 473 g/mol.